The van der Waals surface area contributed by atoms with Gasteiger partial charge in [0.1, 0.15) is 6.10 Å². The van der Waals surface area contributed by atoms with Gasteiger partial charge >= 0.3 is 0 Å². The van der Waals surface area contributed by atoms with Crippen molar-refractivity contribution in [3.63, 3.8) is 0 Å². The van der Waals surface area contributed by atoms with E-state index >= 15 is 0 Å². The second-order valence-electron chi connectivity index (χ2n) is 8.97. The molecule has 0 spiro atoms. The number of halogens is 1. The molecule has 3 aromatic rings. The van der Waals surface area contributed by atoms with Crippen LogP contribution in [0, 0.1) is 36.0 Å². The van der Waals surface area contributed by atoms with E-state index in [1.807, 2.05) is 28.8 Å². The highest BCUT2D eigenvalue weighted by molar-refractivity contribution is 6.28. The number of anilines is 1. The summed E-state index contributed by atoms with van der Waals surface area (Å²) in [5.74, 6) is 9.97. The fourth-order valence-corrected chi connectivity index (χ4v) is 5.05. The first kappa shape index (κ1) is 22.7. The van der Waals surface area contributed by atoms with Crippen LogP contribution in [0.15, 0.2) is 30.6 Å². The van der Waals surface area contributed by atoms with Crippen LogP contribution in [0.2, 0.25) is 5.28 Å². The van der Waals surface area contributed by atoms with Crippen molar-refractivity contribution in [1.82, 2.24) is 19.5 Å². The predicted molar refractivity (Wildman–Crippen MR) is 131 cm³/mol. The Morgan fingerprint density at radius 1 is 1.15 bits per heavy atom. The minimum absolute atomic E-state index is 0.0987. The number of aromatic nitrogens is 4. The Labute approximate surface area is 203 Å². The van der Waals surface area contributed by atoms with Gasteiger partial charge in [-0.25, -0.2) is 4.98 Å². The molecule has 5 atom stereocenters. The lowest BCUT2D eigenvalue weighted by atomic mass is 10.1. The molecule has 3 N–H and O–H groups in total. The van der Waals surface area contributed by atoms with Gasteiger partial charge in [0.2, 0.25) is 5.28 Å². The van der Waals surface area contributed by atoms with Gasteiger partial charge in [0.15, 0.2) is 17.0 Å². The van der Waals surface area contributed by atoms with Gasteiger partial charge in [-0.15, -0.1) is 12.3 Å². The summed E-state index contributed by atoms with van der Waals surface area (Å²) >= 11 is 6.24. The highest BCUT2D eigenvalue weighted by Gasteiger charge is 2.60. The molecule has 5 rings (SSSR count). The van der Waals surface area contributed by atoms with Crippen LogP contribution in [0.4, 0.5) is 5.82 Å². The molecule has 0 bridgehead atoms. The number of hydrogen-bond donors (Lipinski definition) is 3. The van der Waals surface area contributed by atoms with Crippen LogP contribution in [-0.4, -0.2) is 41.9 Å². The molecule has 0 amide bonds. The maximum atomic E-state index is 10.5. The van der Waals surface area contributed by atoms with Crippen LogP contribution in [-0.2, 0) is 6.54 Å². The maximum Gasteiger partial charge on any atom is 0.226 e. The van der Waals surface area contributed by atoms with Gasteiger partial charge in [0.25, 0.3) is 0 Å². The first-order valence-corrected chi connectivity index (χ1v) is 12.0. The molecule has 2 aliphatic rings. The number of terminal acetylenes is 1. The van der Waals surface area contributed by atoms with Crippen molar-refractivity contribution in [3.8, 4) is 24.2 Å². The number of aliphatic hydroxyl groups is 2. The molecule has 7 nitrogen and oxygen atoms in total. The third kappa shape index (κ3) is 4.48. The second kappa shape index (κ2) is 9.64. The summed E-state index contributed by atoms with van der Waals surface area (Å²) in [6, 6.07) is 7.78. The number of benzene rings is 1. The lowest BCUT2D eigenvalue weighted by Crippen LogP contribution is -2.31. The summed E-state index contributed by atoms with van der Waals surface area (Å²) in [4.78, 5) is 13.2. The number of fused-ring (bicyclic) bond motifs is 2. The molecular weight excluding hydrogens is 450 g/mol. The molecule has 34 heavy (non-hydrogen) atoms. The summed E-state index contributed by atoms with van der Waals surface area (Å²) < 4.78 is 1.83. The van der Waals surface area contributed by atoms with Crippen LogP contribution in [0.3, 0.4) is 0 Å². The molecule has 0 saturated heterocycles. The molecule has 0 unspecified atom stereocenters. The second-order valence-corrected chi connectivity index (χ2v) is 9.31. The van der Waals surface area contributed by atoms with Crippen molar-refractivity contribution in [3.05, 3.63) is 47.0 Å². The number of rotatable bonds is 7. The van der Waals surface area contributed by atoms with Crippen LogP contribution in [0.25, 0.3) is 11.2 Å². The topological polar surface area (TPSA) is 96.1 Å². The van der Waals surface area contributed by atoms with Crippen molar-refractivity contribution in [2.45, 2.75) is 56.9 Å². The zero-order chi connectivity index (χ0) is 23.7. The van der Waals surface area contributed by atoms with Crippen molar-refractivity contribution in [1.29, 1.82) is 0 Å². The molecule has 2 saturated carbocycles. The minimum atomic E-state index is -0.840. The smallest absolute Gasteiger partial charge is 0.226 e. The number of aliphatic hydroxyl groups excluding tert-OH is 2. The fourth-order valence-electron chi connectivity index (χ4n) is 4.88. The van der Waals surface area contributed by atoms with Gasteiger partial charge < -0.3 is 20.1 Å². The minimum Gasteiger partial charge on any atom is -0.390 e. The Morgan fingerprint density at radius 3 is 2.79 bits per heavy atom. The molecule has 2 aromatic heterocycles. The van der Waals surface area contributed by atoms with Gasteiger partial charge in [-0.2, -0.15) is 9.97 Å². The van der Waals surface area contributed by atoms with E-state index in [-0.39, 0.29) is 23.2 Å². The molecule has 2 heterocycles. The third-order valence-electron chi connectivity index (χ3n) is 6.68. The van der Waals surface area contributed by atoms with Gasteiger partial charge in [-0.3, -0.25) is 0 Å². The molecule has 0 aliphatic heterocycles. The average molecular weight is 476 g/mol. The first-order chi connectivity index (χ1) is 16.6. The lowest BCUT2D eigenvalue weighted by molar-refractivity contribution is 0.00386. The molecular formula is C26H26ClN5O2. The third-order valence-corrected chi connectivity index (χ3v) is 6.85. The maximum absolute atomic E-state index is 10.5. The van der Waals surface area contributed by atoms with Crippen molar-refractivity contribution < 1.29 is 10.2 Å². The lowest BCUT2D eigenvalue weighted by Gasteiger charge is -2.22. The number of nitrogens with one attached hydrogen (secondary N) is 1. The Morgan fingerprint density at radius 2 is 2.00 bits per heavy atom. The van der Waals surface area contributed by atoms with Crippen molar-refractivity contribution in [2.75, 3.05) is 5.32 Å². The molecule has 2 fully saturated rings. The monoisotopic (exact) mass is 475 g/mol. The molecule has 8 heteroatoms. The zero-order valence-corrected chi connectivity index (χ0v) is 19.4. The highest BCUT2D eigenvalue weighted by Crippen LogP contribution is 2.57. The normalized spacial score (nSPS) is 24.8. The van der Waals surface area contributed by atoms with Gasteiger partial charge in [-0.05, 0) is 60.4 Å². The number of nitrogens with zero attached hydrogens (tertiary/aromatic N) is 4. The number of hydrogen-bond acceptors (Lipinski definition) is 6. The van der Waals surface area contributed by atoms with E-state index in [1.165, 1.54) is 0 Å². The summed E-state index contributed by atoms with van der Waals surface area (Å²) in [5.41, 5.74) is 3.14. The Bertz CT molecular complexity index is 1300. The molecule has 174 valence electrons. The molecule has 0 radical (unpaired) electrons. The Kier molecular flexibility index (Phi) is 6.43. The quantitative estimate of drug-likeness (QED) is 0.275. The van der Waals surface area contributed by atoms with E-state index in [2.05, 4.69) is 38.0 Å². The molecule has 1 aromatic carbocycles. The van der Waals surface area contributed by atoms with Gasteiger partial charge in [-0.1, -0.05) is 24.0 Å². The first-order valence-electron chi connectivity index (χ1n) is 11.6. The Balaban J connectivity index is 1.30. The van der Waals surface area contributed by atoms with Gasteiger partial charge in [0, 0.05) is 24.9 Å². The SMILES string of the molecule is C#CCCCCC#Cc1cccc(CNc2nc(Cl)nc3c2ncn3[C@H]2[C@H](O)[C@H](O)[C@@H]3C[C@@H]32)c1. The van der Waals surface area contributed by atoms with Crippen LogP contribution >= 0.6 is 11.6 Å². The predicted octanol–water partition coefficient (Wildman–Crippen LogP) is 3.55. The standard InChI is InChI=1S/C26H26ClN5O2/c1-2-3-4-5-6-7-9-16-10-8-11-17(12-16)14-28-24-20-25(31-26(27)30-24)32(15-29-20)21-18-13-19(18)22(33)23(21)34/h1,8,10-12,15,18-19,21-23,33-34H,3-6,13-14H2,(H,28,30,31)/t18-,19+,21+,22+,23-/m0/s1. The summed E-state index contributed by atoms with van der Waals surface area (Å²) in [5, 5.41) is 24.2. The van der Waals surface area contributed by atoms with Gasteiger partial charge in [0.05, 0.1) is 18.5 Å². The zero-order valence-electron chi connectivity index (χ0n) is 18.7. The van der Waals surface area contributed by atoms with Crippen LogP contribution in [0.1, 0.15) is 49.3 Å². The largest absolute Gasteiger partial charge is 0.390 e. The van der Waals surface area contributed by atoms with E-state index in [0.717, 1.165) is 43.2 Å². The van der Waals surface area contributed by atoms with Crippen LogP contribution < -0.4 is 5.32 Å². The van der Waals surface area contributed by atoms with E-state index in [9.17, 15) is 10.2 Å². The number of unbranched alkanes of at least 4 members (excludes halogenated alkanes) is 3. The Hall–Kier alpha value is -3.10. The number of imidazole rings is 1. The van der Waals surface area contributed by atoms with E-state index in [1.54, 1.807) is 6.33 Å². The van der Waals surface area contributed by atoms with E-state index in [0.29, 0.717) is 23.5 Å². The van der Waals surface area contributed by atoms with Crippen molar-refractivity contribution in [2.24, 2.45) is 11.8 Å². The summed E-state index contributed by atoms with van der Waals surface area (Å²) in [6.45, 7) is 0.516. The van der Waals surface area contributed by atoms with Crippen LogP contribution in [0.5, 0.6) is 0 Å². The van der Waals surface area contributed by atoms with Crippen molar-refractivity contribution >= 4 is 28.6 Å². The summed E-state index contributed by atoms with van der Waals surface area (Å²) in [7, 11) is 0. The van der Waals surface area contributed by atoms with E-state index in [4.69, 9.17) is 18.0 Å². The molecule has 2 aliphatic carbocycles. The summed E-state index contributed by atoms with van der Waals surface area (Å²) in [6.07, 6.45) is 9.92. The highest BCUT2D eigenvalue weighted by atomic mass is 35.5. The fraction of sp³-hybridized carbons (Fsp3) is 0.423. The van der Waals surface area contributed by atoms with E-state index < -0.39 is 12.2 Å². The average Bonchev–Trinajstić information content (AvgIpc) is 3.44.